The van der Waals surface area contributed by atoms with Gasteiger partial charge in [0.15, 0.2) is 0 Å². The fraction of sp³-hybridized carbons (Fsp3) is 0.533. The lowest BCUT2D eigenvalue weighted by atomic mass is 10.0. The van der Waals surface area contributed by atoms with Crippen molar-refractivity contribution in [2.75, 3.05) is 26.1 Å². The van der Waals surface area contributed by atoms with Crippen molar-refractivity contribution in [3.05, 3.63) is 18.2 Å². The molecule has 1 saturated heterocycles. The van der Waals surface area contributed by atoms with Crippen LogP contribution in [0.5, 0.6) is 11.5 Å². The number of benzene rings is 1. The van der Waals surface area contributed by atoms with E-state index >= 15 is 0 Å². The van der Waals surface area contributed by atoms with Gasteiger partial charge in [0.25, 0.3) is 0 Å². The summed E-state index contributed by atoms with van der Waals surface area (Å²) in [6.45, 7) is 2.89. The lowest BCUT2D eigenvalue weighted by Crippen LogP contribution is -2.44. The Bertz CT molecular complexity index is 476. The molecule has 1 aliphatic heterocycles. The van der Waals surface area contributed by atoms with Crippen LogP contribution < -0.4 is 14.8 Å². The van der Waals surface area contributed by atoms with Gasteiger partial charge in [-0.2, -0.15) is 0 Å². The number of ether oxygens (including phenoxy) is 2. The number of likely N-dealkylation sites (tertiary alicyclic amines) is 1. The van der Waals surface area contributed by atoms with Crippen LogP contribution in [0.25, 0.3) is 0 Å². The third kappa shape index (κ3) is 3.15. The molecule has 5 heteroatoms. The van der Waals surface area contributed by atoms with Gasteiger partial charge in [0.2, 0.25) is 0 Å². The van der Waals surface area contributed by atoms with Gasteiger partial charge in [-0.1, -0.05) is 0 Å². The maximum absolute atomic E-state index is 12.4. The Morgan fingerprint density at radius 2 is 2.10 bits per heavy atom. The van der Waals surface area contributed by atoms with E-state index in [2.05, 4.69) is 12.2 Å². The molecule has 1 unspecified atom stereocenters. The largest absolute Gasteiger partial charge is 0.497 e. The first-order valence-electron chi connectivity index (χ1n) is 6.95. The van der Waals surface area contributed by atoms with Gasteiger partial charge in [-0.3, -0.25) is 0 Å². The Kier molecular flexibility index (Phi) is 4.71. The van der Waals surface area contributed by atoms with E-state index < -0.39 is 0 Å². The van der Waals surface area contributed by atoms with E-state index in [-0.39, 0.29) is 12.1 Å². The van der Waals surface area contributed by atoms with Crippen LogP contribution in [0.15, 0.2) is 18.2 Å². The van der Waals surface area contributed by atoms with Gasteiger partial charge in [0, 0.05) is 18.7 Å². The van der Waals surface area contributed by atoms with Gasteiger partial charge in [-0.05, 0) is 38.3 Å². The minimum atomic E-state index is -0.0799. The second-order valence-electron chi connectivity index (χ2n) is 5.03. The lowest BCUT2D eigenvalue weighted by molar-refractivity contribution is 0.170. The Morgan fingerprint density at radius 1 is 1.30 bits per heavy atom. The van der Waals surface area contributed by atoms with E-state index in [0.29, 0.717) is 17.2 Å². The number of hydrogen-bond acceptors (Lipinski definition) is 3. The van der Waals surface area contributed by atoms with Crippen LogP contribution >= 0.6 is 0 Å². The Labute approximate surface area is 119 Å². The van der Waals surface area contributed by atoms with Crippen molar-refractivity contribution < 1.29 is 14.3 Å². The van der Waals surface area contributed by atoms with Crippen LogP contribution in [-0.2, 0) is 0 Å². The van der Waals surface area contributed by atoms with Crippen LogP contribution in [0.1, 0.15) is 26.2 Å². The molecule has 1 atom stereocenters. The number of nitrogens with one attached hydrogen (secondary N) is 1. The molecule has 1 heterocycles. The van der Waals surface area contributed by atoms with E-state index in [0.717, 1.165) is 19.4 Å². The van der Waals surface area contributed by atoms with Crippen molar-refractivity contribution in [3.63, 3.8) is 0 Å². The van der Waals surface area contributed by atoms with Crippen LogP contribution in [0.4, 0.5) is 10.5 Å². The molecule has 1 aromatic carbocycles. The number of urea groups is 1. The van der Waals surface area contributed by atoms with Gasteiger partial charge in [-0.25, -0.2) is 4.79 Å². The monoisotopic (exact) mass is 278 g/mol. The molecule has 110 valence electrons. The Hall–Kier alpha value is -1.91. The number of methoxy groups -OCH3 is 2. The first-order chi connectivity index (χ1) is 9.65. The average molecular weight is 278 g/mol. The van der Waals surface area contributed by atoms with Gasteiger partial charge in [0.1, 0.15) is 11.5 Å². The summed E-state index contributed by atoms with van der Waals surface area (Å²) in [7, 11) is 3.18. The van der Waals surface area contributed by atoms with Crippen LogP contribution in [0.2, 0.25) is 0 Å². The second-order valence-corrected chi connectivity index (χ2v) is 5.03. The molecule has 0 bridgehead atoms. The minimum absolute atomic E-state index is 0.0799. The predicted octanol–water partition coefficient (Wildman–Crippen LogP) is 3.11. The predicted molar refractivity (Wildman–Crippen MR) is 78.6 cm³/mol. The molecule has 2 amide bonds. The third-order valence-electron chi connectivity index (χ3n) is 3.71. The first-order valence-corrected chi connectivity index (χ1v) is 6.95. The van der Waals surface area contributed by atoms with Crippen molar-refractivity contribution in [3.8, 4) is 11.5 Å². The highest BCUT2D eigenvalue weighted by Crippen LogP contribution is 2.29. The van der Waals surface area contributed by atoms with Crippen molar-refractivity contribution in [2.45, 2.75) is 32.2 Å². The topological polar surface area (TPSA) is 50.8 Å². The Balaban J connectivity index is 2.13. The van der Waals surface area contributed by atoms with Gasteiger partial charge >= 0.3 is 6.03 Å². The molecule has 0 spiro atoms. The summed E-state index contributed by atoms with van der Waals surface area (Å²) < 4.78 is 10.5. The zero-order chi connectivity index (χ0) is 14.5. The zero-order valence-electron chi connectivity index (χ0n) is 12.3. The zero-order valence-corrected chi connectivity index (χ0v) is 12.3. The summed E-state index contributed by atoms with van der Waals surface area (Å²) in [6.07, 6.45) is 3.31. The molecule has 1 fully saturated rings. The van der Waals surface area contributed by atoms with Gasteiger partial charge in [0.05, 0.1) is 19.9 Å². The van der Waals surface area contributed by atoms with Crippen LogP contribution in [-0.4, -0.2) is 37.7 Å². The molecule has 0 radical (unpaired) electrons. The van der Waals surface area contributed by atoms with Crippen molar-refractivity contribution >= 4 is 11.7 Å². The number of hydrogen-bond donors (Lipinski definition) is 1. The summed E-state index contributed by atoms with van der Waals surface area (Å²) >= 11 is 0. The number of nitrogens with zero attached hydrogens (tertiary/aromatic N) is 1. The fourth-order valence-corrected chi connectivity index (χ4v) is 2.50. The number of carbonyl (C=O) groups is 1. The summed E-state index contributed by atoms with van der Waals surface area (Å²) in [5, 5.41) is 2.92. The summed E-state index contributed by atoms with van der Waals surface area (Å²) in [4.78, 5) is 14.2. The van der Waals surface area contributed by atoms with Gasteiger partial charge in [-0.15, -0.1) is 0 Å². The fourth-order valence-electron chi connectivity index (χ4n) is 2.50. The van der Waals surface area contributed by atoms with Crippen LogP contribution in [0, 0.1) is 0 Å². The van der Waals surface area contributed by atoms with Crippen molar-refractivity contribution in [1.29, 1.82) is 0 Å². The average Bonchev–Trinajstić information content (AvgIpc) is 2.47. The number of anilines is 1. The maximum Gasteiger partial charge on any atom is 0.322 e. The highest BCUT2D eigenvalue weighted by molar-refractivity contribution is 5.91. The third-order valence-corrected chi connectivity index (χ3v) is 3.71. The lowest BCUT2D eigenvalue weighted by Gasteiger charge is -2.33. The Morgan fingerprint density at radius 3 is 2.75 bits per heavy atom. The normalized spacial score (nSPS) is 18.6. The standard InChI is InChI=1S/C15H22N2O3/c1-11-6-4-5-9-17(11)15(18)16-13-10-12(19-2)7-8-14(13)20-3/h7-8,10-11H,4-6,9H2,1-3H3,(H,16,18). The molecule has 0 aliphatic carbocycles. The van der Waals surface area contributed by atoms with E-state index in [1.165, 1.54) is 6.42 Å². The second kappa shape index (κ2) is 6.50. The number of rotatable bonds is 3. The van der Waals surface area contributed by atoms with E-state index in [9.17, 15) is 4.79 Å². The molecule has 5 nitrogen and oxygen atoms in total. The van der Waals surface area contributed by atoms with E-state index in [1.807, 2.05) is 4.90 Å². The molecular formula is C15H22N2O3. The van der Waals surface area contributed by atoms with Crippen molar-refractivity contribution in [1.82, 2.24) is 4.90 Å². The maximum atomic E-state index is 12.4. The van der Waals surface area contributed by atoms with Crippen LogP contribution in [0.3, 0.4) is 0 Å². The SMILES string of the molecule is COc1ccc(OC)c(NC(=O)N2CCCCC2C)c1. The molecular weight excluding hydrogens is 256 g/mol. The molecule has 1 N–H and O–H groups in total. The summed E-state index contributed by atoms with van der Waals surface area (Å²) in [6, 6.07) is 5.56. The molecule has 2 rings (SSSR count). The molecule has 20 heavy (non-hydrogen) atoms. The molecule has 1 aromatic rings. The minimum Gasteiger partial charge on any atom is -0.497 e. The summed E-state index contributed by atoms with van der Waals surface area (Å²) in [5.74, 6) is 1.32. The summed E-state index contributed by atoms with van der Waals surface area (Å²) in [5.41, 5.74) is 0.634. The molecule has 1 aliphatic rings. The highest BCUT2D eigenvalue weighted by Gasteiger charge is 2.23. The van der Waals surface area contributed by atoms with Gasteiger partial charge < -0.3 is 19.7 Å². The smallest absolute Gasteiger partial charge is 0.322 e. The quantitative estimate of drug-likeness (QED) is 0.924. The first kappa shape index (κ1) is 14.5. The number of carbonyl (C=O) groups excluding carboxylic acids is 1. The molecule has 0 aromatic heterocycles. The molecule has 0 saturated carbocycles. The van der Waals surface area contributed by atoms with E-state index in [1.54, 1.807) is 32.4 Å². The van der Waals surface area contributed by atoms with E-state index in [4.69, 9.17) is 9.47 Å². The highest BCUT2D eigenvalue weighted by atomic mass is 16.5. The number of amides is 2. The van der Waals surface area contributed by atoms with Crippen molar-refractivity contribution in [2.24, 2.45) is 0 Å². The number of piperidine rings is 1.